The lowest BCUT2D eigenvalue weighted by molar-refractivity contribution is -0.0568. The number of hydrogen-bond donors (Lipinski definition) is 3. The summed E-state index contributed by atoms with van der Waals surface area (Å²) in [7, 11) is 0. The van der Waals surface area contributed by atoms with Crippen molar-refractivity contribution in [1.82, 2.24) is 5.48 Å². The molecule has 28 heavy (non-hydrogen) atoms. The summed E-state index contributed by atoms with van der Waals surface area (Å²) in [6, 6.07) is 2.59. The highest BCUT2D eigenvalue weighted by atomic mass is 35.5. The number of nitrogens with zero attached hydrogens (tertiary/aromatic N) is 1. The number of rotatable bonds is 2. The number of benzene rings is 1. The van der Waals surface area contributed by atoms with Crippen LogP contribution in [0.2, 0.25) is 10.0 Å². The highest BCUT2D eigenvalue weighted by Gasteiger charge is 2.43. The summed E-state index contributed by atoms with van der Waals surface area (Å²) in [5.41, 5.74) is 2.56. The quantitative estimate of drug-likeness (QED) is 0.228. The van der Waals surface area contributed by atoms with Gasteiger partial charge in [-0.15, -0.1) is 6.58 Å². The molecule has 5 nitrogen and oxygen atoms in total. The van der Waals surface area contributed by atoms with E-state index in [9.17, 15) is 10.3 Å². The Bertz CT molecular complexity index is 716. The molecule has 1 aliphatic heterocycles. The molecule has 7 heteroatoms. The van der Waals surface area contributed by atoms with Crippen LogP contribution in [-0.4, -0.2) is 27.9 Å². The maximum atomic E-state index is 10.7. The van der Waals surface area contributed by atoms with Crippen LogP contribution >= 0.6 is 23.2 Å². The zero-order valence-electron chi connectivity index (χ0n) is 17.7. The molecule has 0 fully saturated rings. The SMILES string of the molecule is C/C=C(\C)C(=N[C@@H]1c2cc(Cl)c(Cl)cc2OC(C)(C)[C@H]1O)NO.C=CC.CC. The molecule has 3 N–H and O–H groups in total. The van der Waals surface area contributed by atoms with Gasteiger partial charge in [0.25, 0.3) is 0 Å². The van der Waals surface area contributed by atoms with Crippen molar-refractivity contribution in [3.8, 4) is 5.75 Å². The van der Waals surface area contributed by atoms with E-state index in [-0.39, 0.29) is 5.84 Å². The molecule has 0 saturated carbocycles. The molecule has 0 radical (unpaired) electrons. The monoisotopic (exact) mass is 430 g/mol. The molecule has 1 aromatic carbocycles. The molecule has 0 aliphatic carbocycles. The first kappa shape index (κ1) is 26.5. The lowest BCUT2D eigenvalue weighted by Crippen LogP contribution is -2.48. The fraction of sp³-hybridized carbons (Fsp3) is 0.476. The fourth-order valence-electron chi connectivity index (χ4n) is 2.39. The Morgan fingerprint density at radius 3 is 2.21 bits per heavy atom. The van der Waals surface area contributed by atoms with Crippen LogP contribution in [0, 0.1) is 0 Å². The van der Waals surface area contributed by atoms with Crippen LogP contribution in [0.1, 0.15) is 60.1 Å². The zero-order chi connectivity index (χ0) is 22.1. The van der Waals surface area contributed by atoms with Gasteiger partial charge in [0.05, 0.1) is 10.0 Å². The molecule has 0 aromatic heterocycles. The molecule has 158 valence electrons. The number of aliphatic imine (C=N–C) groups is 1. The predicted molar refractivity (Wildman–Crippen MR) is 119 cm³/mol. The average Bonchev–Trinajstić information content (AvgIpc) is 2.66. The second-order valence-electron chi connectivity index (χ2n) is 6.37. The van der Waals surface area contributed by atoms with E-state index in [1.54, 1.807) is 45.1 Å². The van der Waals surface area contributed by atoms with Crippen LogP contribution in [0.5, 0.6) is 5.75 Å². The van der Waals surface area contributed by atoms with Crippen LogP contribution in [0.3, 0.4) is 0 Å². The lowest BCUT2D eigenvalue weighted by atomic mass is 9.87. The lowest BCUT2D eigenvalue weighted by Gasteiger charge is -2.41. The van der Waals surface area contributed by atoms with E-state index < -0.39 is 17.7 Å². The van der Waals surface area contributed by atoms with E-state index >= 15 is 0 Å². The van der Waals surface area contributed by atoms with Crippen LogP contribution < -0.4 is 10.2 Å². The van der Waals surface area contributed by atoms with E-state index in [4.69, 9.17) is 27.9 Å². The molecule has 2 atom stereocenters. The standard InChI is InChI=1S/C16H20Cl2N2O3.C3H6.C2H6/c1-5-8(2)15(20-22)19-13-9-6-10(17)11(18)7-12(9)23-16(3,4)14(13)21;1-3-2;1-2/h5-7,13-14,21-22H,1-4H3,(H,19,20);3H,1H2,2H3;1-2H3/b8-5+;;/t13-,14+;;/m1../s1. The molecule has 0 amide bonds. The number of aliphatic hydroxyl groups excluding tert-OH is 1. The van der Waals surface area contributed by atoms with Gasteiger partial charge in [0.15, 0.2) is 0 Å². The Balaban J connectivity index is 0.00000133. The molecule has 1 aliphatic rings. The molecule has 2 rings (SSSR count). The number of hydrogen-bond acceptors (Lipinski definition) is 4. The fourth-order valence-corrected chi connectivity index (χ4v) is 2.72. The summed E-state index contributed by atoms with van der Waals surface area (Å²) in [6.07, 6.45) is 2.62. The van der Waals surface area contributed by atoms with Crippen molar-refractivity contribution in [3.05, 3.63) is 52.0 Å². The van der Waals surface area contributed by atoms with E-state index in [1.165, 1.54) is 0 Å². The highest BCUT2D eigenvalue weighted by Crippen LogP contribution is 2.45. The van der Waals surface area contributed by atoms with Gasteiger partial charge in [-0.3, -0.25) is 15.7 Å². The number of amidine groups is 1. The summed E-state index contributed by atoms with van der Waals surface area (Å²) in [4.78, 5) is 4.47. The number of halogens is 2. The third-order valence-corrected chi connectivity index (χ3v) is 4.66. The van der Waals surface area contributed by atoms with E-state index in [2.05, 4.69) is 17.1 Å². The van der Waals surface area contributed by atoms with E-state index in [0.717, 1.165) is 5.57 Å². The van der Waals surface area contributed by atoms with Gasteiger partial charge in [0, 0.05) is 11.6 Å². The van der Waals surface area contributed by atoms with Gasteiger partial charge in [0.2, 0.25) is 0 Å². The van der Waals surface area contributed by atoms with Gasteiger partial charge in [-0.25, -0.2) is 0 Å². The van der Waals surface area contributed by atoms with Crippen molar-refractivity contribution in [1.29, 1.82) is 0 Å². The van der Waals surface area contributed by atoms with Crippen molar-refractivity contribution in [3.63, 3.8) is 0 Å². The summed E-state index contributed by atoms with van der Waals surface area (Å²) < 4.78 is 5.84. The first-order valence-corrected chi connectivity index (χ1v) is 9.92. The van der Waals surface area contributed by atoms with Crippen molar-refractivity contribution >= 4 is 29.0 Å². The normalized spacial score (nSPS) is 20.4. The number of aliphatic hydroxyl groups is 1. The first-order valence-electron chi connectivity index (χ1n) is 9.17. The topological polar surface area (TPSA) is 74.1 Å². The molecular weight excluding hydrogens is 399 g/mol. The Kier molecular flexibility index (Phi) is 11.5. The van der Waals surface area contributed by atoms with Gasteiger partial charge in [-0.2, -0.15) is 0 Å². The maximum absolute atomic E-state index is 10.7. The van der Waals surface area contributed by atoms with Gasteiger partial charge < -0.3 is 9.84 Å². The Morgan fingerprint density at radius 2 is 1.75 bits per heavy atom. The third-order valence-electron chi connectivity index (χ3n) is 3.94. The third kappa shape index (κ3) is 6.52. The Labute approximate surface area is 178 Å². The van der Waals surface area contributed by atoms with Crippen molar-refractivity contribution in [2.75, 3.05) is 0 Å². The minimum absolute atomic E-state index is 0.270. The summed E-state index contributed by atoms with van der Waals surface area (Å²) in [6.45, 7) is 16.4. The van der Waals surface area contributed by atoms with Gasteiger partial charge in [-0.05, 0) is 46.3 Å². The van der Waals surface area contributed by atoms with Gasteiger partial charge in [-0.1, -0.05) is 49.2 Å². The largest absolute Gasteiger partial charge is 0.485 e. The highest BCUT2D eigenvalue weighted by molar-refractivity contribution is 6.42. The number of allylic oxidation sites excluding steroid dienone is 2. The molecule has 0 bridgehead atoms. The van der Waals surface area contributed by atoms with E-state index in [1.807, 2.05) is 27.7 Å². The molecule has 0 spiro atoms. The van der Waals surface area contributed by atoms with Crippen LogP contribution in [0.25, 0.3) is 0 Å². The van der Waals surface area contributed by atoms with Crippen molar-refractivity contribution in [2.24, 2.45) is 4.99 Å². The maximum Gasteiger partial charge on any atom is 0.148 e. The van der Waals surface area contributed by atoms with Crippen LogP contribution in [0.15, 0.2) is 41.4 Å². The zero-order valence-corrected chi connectivity index (χ0v) is 19.2. The van der Waals surface area contributed by atoms with Gasteiger partial charge >= 0.3 is 0 Å². The number of hydroxylamine groups is 1. The molecule has 1 aromatic rings. The minimum atomic E-state index is -0.930. The minimum Gasteiger partial charge on any atom is -0.485 e. The number of nitrogens with one attached hydrogen (secondary N) is 1. The summed E-state index contributed by atoms with van der Waals surface area (Å²) in [5, 5.41) is 20.7. The second kappa shape index (κ2) is 12.1. The first-order chi connectivity index (χ1) is 13.1. The second-order valence-corrected chi connectivity index (χ2v) is 7.18. The summed E-state index contributed by atoms with van der Waals surface area (Å²) in [5.74, 6) is 0.783. The smallest absolute Gasteiger partial charge is 0.148 e. The Morgan fingerprint density at radius 1 is 1.25 bits per heavy atom. The van der Waals surface area contributed by atoms with Crippen LogP contribution in [0.4, 0.5) is 0 Å². The van der Waals surface area contributed by atoms with Crippen molar-refractivity contribution < 1.29 is 15.1 Å². The van der Waals surface area contributed by atoms with E-state index in [0.29, 0.717) is 21.4 Å². The predicted octanol–water partition coefficient (Wildman–Crippen LogP) is 6.13. The molecule has 0 unspecified atom stereocenters. The van der Waals surface area contributed by atoms with Gasteiger partial charge in [0.1, 0.15) is 29.3 Å². The summed E-state index contributed by atoms with van der Waals surface area (Å²) >= 11 is 12.2. The Hall–Kier alpha value is -1.53. The number of fused-ring (bicyclic) bond motifs is 1. The molecular formula is C21H32Cl2N2O3. The number of ether oxygens (including phenoxy) is 1. The van der Waals surface area contributed by atoms with Crippen LogP contribution in [-0.2, 0) is 0 Å². The van der Waals surface area contributed by atoms with Crippen molar-refractivity contribution in [2.45, 2.75) is 66.2 Å². The average molecular weight is 431 g/mol. The molecule has 1 heterocycles. The molecule has 0 saturated heterocycles.